The van der Waals surface area contributed by atoms with Gasteiger partial charge in [-0.25, -0.2) is 8.42 Å². The molecular formula is C22H27N4O3S2+. The van der Waals surface area contributed by atoms with Crippen molar-refractivity contribution >= 4 is 32.3 Å². The zero-order valence-electron chi connectivity index (χ0n) is 17.6. The highest BCUT2D eigenvalue weighted by Gasteiger charge is 2.31. The molecule has 1 saturated heterocycles. The fraction of sp³-hybridized carbons (Fsp3) is 0.455. The van der Waals surface area contributed by atoms with Crippen LogP contribution in [0.5, 0.6) is 0 Å². The predicted molar refractivity (Wildman–Crippen MR) is 120 cm³/mol. The van der Waals surface area contributed by atoms with Gasteiger partial charge in [0.1, 0.15) is 11.1 Å². The molecule has 1 atom stereocenters. The minimum Gasteiger partial charge on any atom is -0.325 e. The zero-order chi connectivity index (χ0) is 22.0. The highest BCUT2D eigenvalue weighted by molar-refractivity contribution is 7.89. The number of nitrogens with one attached hydrogen (secondary N) is 2. The van der Waals surface area contributed by atoms with E-state index in [1.54, 1.807) is 30.3 Å². The third kappa shape index (κ3) is 4.67. The average molecular weight is 460 g/mol. The van der Waals surface area contributed by atoms with Crippen molar-refractivity contribution in [1.29, 1.82) is 5.26 Å². The van der Waals surface area contributed by atoms with E-state index in [1.165, 1.54) is 20.5 Å². The first-order valence-electron chi connectivity index (χ1n) is 10.6. The molecule has 164 valence electrons. The second kappa shape index (κ2) is 9.09. The number of hydrogen-bond donors (Lipinski definition) is 2. The first-order valence-corrected chi connectivity index (χ1v) is 12.9. The van der Waals surface area contributed by atoms with Crippen LogP contribution < -0.4 is 10.2 Å². The maximum atomic E-state index is 12.8. The summed E-state index contributed by atoms with van der Waals surface area (Å²) in [6.45, 7) is 4.39. The van der Waals surface area contributed by atoms with Gasteiger partial charge in [-0.05, 0) is 42.9 Å². The first-order chi connectivity index (χ1) is 14.9. The van der Waals surface area contributed by atoms with Gasteiger partial charge >= 0.3 is 0 Å². The van der Waals surface area contributed by atoms with Crippen molar-refractivity contribution in [3.05, 3.63) is 46.3 Å². The zero-order valence-corrected chi connectivity index (χ0v) is 19.2. The van der Waals surface area contributed by atoms with Crippen molar-refractivity contribution in [3.8, 4) is 6.07 Å². The number of anilines is 1. The standard InChI is InChI=1S/C22H26N4O3S2/c1-16-7-8-18-19(14-23)22(30-20(18)13-16)24-21(27)15-25-9-11-26(12-10-25)31(28,29)17-5-3-2-4-6-17/h2-6,16H,7-13,15H2,1H3,(H,24,27)/p+1/t16-/m0/s1. The van der Waals surface area contributed by atoms with Gasteiger partial charge in [0.25, 0.3) is 5.91 Å². The molecule has 9 heteroatoms. The third-order valence-electron chi connectivity index (χ3n) is 6.10. The Kier molecular flexibility index (Phi) is 6.44. The molecule has 1 aromatic heterocycles. The van der Waals surface area contributed by atoms with E-state index in [0.717, 1.165) is 29.7 Å². The van der Waals surface area contributed by atoms with Crippen LogP contribution in [0, 0.1) is 17.2 Å². The molecule has 0 bridgehead atoms. The summed E-state index contributed by atoms with van der Waals surface area (Å²) in [7, 11) is -3.49. The second-order valence-corrected chi connectivity index (χ2v) is 11.4. The third-order valence-corrected chi connectivity index (χ3v) is 9.18. The van der Waals surface area contributed by atoms with Crippen molar-refractivity contribution in [2.45, 2.75) is 31.1 Å². The van der Waals surface area contributed by atoms with Gasteiger partial charge in [0.05, 0.1) is 36.6 Å². The van der Waals surface area contributed by atoms with E-state index in [4.69, 9.17) is 0 Å². The Bertz CT molecular complexity index is 1100. The van der Waals surface area contributed by atoms with Gasteiger partial charge in [-0.1, -0.05) is 25.1 Å². The van der Waals surface area contributed by atoms with Gasteiger partial charge in [0.15, 0.2) is 6.54 Å². The van der Waals surface area contributed by atoms with Crippen LogP contribution in [0.25, 0.3) is 0 Å². The summed E-state index contributed by atoms with van der Waals surface area (Å²) in [6.07, 6.45) is 2.94. The van der Waals surface area contributed by atoms with Gasteiger partial charge < -0.3 is 10.2 Å². The van der Waals surface area contributed by atoms with E-state index in [1.807, 2.05) is 0 Å². The second-order valence-electron chi connectivity index (χ2n) is 8.36. The number of benzene rings is 1. The van der Waals surface area contributed by atoms with Crippen LogP contribution >= 0.6 is 11.3 Å². The van der Waals surface area contributed by atoms with Crippen molar-refractivity contribution in [2.75, 3.05) is 38.0 Å². The van der Waals surface area contributed by atoms with E-state index < -0.39 is 10.0 Å². The molecule has 1 fully saturated rings. The smallest absolute Gasteiger partial charge is 0.280 e. The highest BCUT2D eigenvalue weighted by Crippen LogP contribution is 2.39. The van der Waals surface area contributed by atoms with Gasteiger partial charge in [-0.2, -0.15) is 9.57 Å². The number of sulfonamides is 1. The number of rotatable bonds is 5. The van der Waals surface area contributed by atoms with E-state index >= 15 is 0 Å². The number of nitrogens with zero attached hydrogens (tertiary/aromatic N) is 2. The van der Waals surface area contributed by atoms with Crippen LogP contribution in [0.3, 0.4) is 0 Å². The molecule has 0 unspecified atom stereocenters. The fourth-order valence-corrected chi connectivity index (χ4v) is 7.16. The molecule has 2 N–H and O–H groups in total. The summed E-state index contributed by atoms with van der Waals surface area (Å²) < 4.78 is 27.0. The number of nitriles is 1. The summed E-state index contributed by atoms with van der Waals surface area (Å²) in [4.78, 5) is 15.2. The van der Waals surface area contributed by atoms with Crippen LogP contribution in [-0.4, -0.2) is 51.4 Å². The average Bonchev–Trinajstić information content (AvgIpc) is 3.10. The number of carbonyl (C=O) groups is 1. The Balaban J connectivity index is 1.35. The molecule has 2 aromatic rings. The van der Waals surface area contributed by atoms with E-state index in [-0.39, 0.29) is 12.5 Å². The molecule has 0 spiro atoms. The molecule has 4 rings (SSSR count). The lowest BCUT2D eigenvalue weighted by atomic mass is 9.89. The Morgan fingerprint density at radius 2 is 2.00 bits per heavy atom. The van der Waals surface area contributed by atoms with Gasteiger partial charge in [-0.15, -0.1) is 11.3 Å². The van der Waals surface area contributed by atoms with Crippen molar-refractivity contribution in [1.82, 2.24) is 4.31 Å². The Morgan fingerprint density at radius 1 is 1.29 bits per heavy atom. The van der Waals surface area contributed by atoms with Gasteiger partial charge in [0, 0.05) is 4.88 Å². The monoisotopic (exact) mass is 459 g/mol. The molecule has 7 nitrogen and oxygen atoms in total. The van der Waals surface area contributed by atoms with Crippen LogP contribution in [0.2, 0.25) is 0 Å². The number of fused-ring (bicyclic) bond motifs is 1. The van der Waals surface area contributed by atoms with Crippen LogP contribution in [0.4, 0.5) is 5.00 Å². The van der Waals surface area contributed by atoms with Crippen molar-refractivity contribution < 1.29 is 18.1 Å². The molecule has 31 heavy (non-hydrogen) atoms. The molecule has 1 aliphatic carbocycles. The van der Waals surface area contributed by atoms with E-state index in [2.05, 4.69) is 18.3 Å². The first kappa shape index (κ1) is 22.0. The van der Waals surface area contributed by atoms with Crippen molar-refractivity contribution in [2.24, 2.45) is 5.92 Å². The number of quaternary nitrogens is 1. The van der Waals surface area contributed by atoms with Gasteiger partial charge in [0.2, 0.25) is 10.0 Å². The Morgan fingerprint density at radius 3 is 2.68 bits per heavy atom. The van der Waals surface area contributed by atoms with E-state index in [9.17, 15) is 18.5 Å². The lowest BCUT2D eigenvalue weighted by molar-refractivity contribution is -0.895. The predicted octanol–water partition coefficient (Wildman–Crippen LogP) is 1.27. The lowest BCUT2D eigenvalue weighted by Crippen LogP contribution is -3.15. The topological polar surface area (TPSA) is 94.7 Å². The molecule has 0 saturated carbocycles. The molecule has 2 heterocycles. The summed E-state index contributed by atoms with van der Waals surface area (Å²) in [5.74, 6) is 0.478. The Hall–Kier alpha value is -2.25. The molecular weight excluding hydrogens is 432 g/mol. The van der Waals surface area contributed by atoms with Gasteiger partial charge in [-0.3, -0.25) is 4.79 Å². The van der Waals surface area contributed by atoms with Crippen molar-refractivity contribution in [3.63, 3.8) is 0 Å². The fourth-order valence-electron chi connectivity index (χ4n) is 4.32. The molecule has 1 aliphatic heterocycles. The number of thiophene rings is 1. The summed E-state index contributed by atoms with van der Waals surface area (Å²) in [5.41, 5.74) is 1.72. The Labute approximate surface area is 187 Å². The number of amides is 1. The minimum atomic E-state index is -3.49. The maximum Gasteiger partial charge on any atom is 0.280 e. The summed E-state index contributed by atoms with van der Waals surface area (Å²) in [6, 6.07) is 10.7. The largest absolute Gasteiger partial charge is 0.325 e. The lowest BCUT2D eigenvalue weighted by Gasteiger charge is -2.31. The number of hydrogen-bond acceptors (Lipinski definition) is 5. The molecule has 2 aliphatic rings. The molecule has 1 amide bonds. The minimum absolute atomic E-state index is 0.127. The molecule has 0 radical (unpaired) electrons. The van der Waals surface area contributed by atoms with Crippen LogP contribution in [0.1, 0.15) is 29.3 Å². The normalized spacial score (nSPS) is 20.1. The molecule has 1 aromatic carbocycles. The summed E-state index contributed by atoms with van der Waals surface area (Å²) in [5, 5.41) is 13.2. The number of carbonyl (C=O) groups excluding carboxylic acids is 1. The van der Waals surface area contributed by atoms with Crippen LogP contribution in [-0.2, 0) is 27.7 Å². The SMILES string of the molecule is C[C@H]1CCc2c(sc(NC(=O)C[NH+]3CCN(S(=O)(=O)c4ccccc4)CC3)c2C#N)C1. The van der Waals surface area contributed by atoms with E-state index in [0.29, 0.717) is 47.6 Å². The maximum absolute atomic E-state index is 12.8. The summed E-state index contributed by atoms with van der Waals surface area (Å²) >= 11 is 1.53. The quantitative estimate of drug-likeness (QED) is 0.704. The van der Waals surface area contributed by atoms with Crippen LogP contribution in [0.15, 0.2) is 35.2 Å². The number of piperazine rings is 1. The highest BCUT2D eigenvalue weighted by atomic mass is 32.2.